The minimum atomic E-state index is -2.99. The number of hydrogen-bond acceptors (Lipinski definition) is 4. The molecule has 0 atom stereocenters. The number of hydrogen-bond donors (Lipinski definition) is 3. The molecule has 0 saturated heterocycles. The average molecular weight is 814 g/mol. The molecule has 3 aromatic heterocycles. The monoisotopic (exact) mass is 812 g/mol. The summed E-state index contributed by atoms with van der Waals surface area (Å²) in [6.07, 6.45) is -1.87. The first-order valence-electron chi connectivity index (χ1n) is 18.3. The van der Waals surface area contributed by atoms with Gasteiger partial charge in [0.05, 0.1) is 5.56 Å². The van der Waals surface area contributed by atoms with Crippen molar-refractivity contribution < 1.29 is 22.8 Å². The second kappa shape index (κ2) is 17.2. The van der Waals surface area contributed by atoms with Gasteiger partial charge in [-0.1, -0.05) is 47.5 Å². The molecule has 2 amide bonds. The average Bonchev–Trinajstić information content (AvgIpc) is 3.74. The van der Waals surface area contributed by atoms with Gasteiger partial charge in [0.1, 0.15) is 5.69 Å². The summed E-state index contributed by atoms with van der Waals surface area (Å²) in [4.78, 5) is 28.6. The van der Waals surface area contributed by atoms with Crippen molar-refractivity contribution in [3.8, 4) is 22.5 Å². The molecule has 0 unspecified atom stereocenters. The maximum atomic E-state index is 13.8. The van der Waals surface area contributed by atoms with Crippen molar-refractivity contribution in [1.82, 2.24) is 19.4 Å². The predicted octanol–water partition coefficient (Wildman–Crippen LogP) is 11.5. The first kappa shape index (κ1) is 40.9. The fraction of sp³-hybridized carbons (Fsp3) is 0.205. The summed E-state index contributed by atoms with van der Waals surface area (Å²) in [6.45, 7) is 7.80. The van der Waals surface area contributed by atoms with Crippen LogP contribution in [-0.2, 0) is 24.4 Å². The van der Waals surface area contributed by atoms with Crippen molar-refractivity contribution in [1.29, 1.82) is 0 Å². The highest BCUT2D eigenvalue weighted by Gasteiger charge is 2.27. The molecule has 13 heteroatoms. The van der Waals surface area contributed by atoms with E-state index in [-0.39, 0.29) is 17.7 Å². The molecule has 57 heavy (non-hydrogen) atoms. The van der Waals surface area contributed by atoms with E-state index in [1.165, 1.54) is 17.3 Å². The third-order valence-corrected chi connectivity index (χ3v) is 9.85. The van der Waals surface area contributed by atoms with Crippen LogP contribution in [0.3, 0.4) is 0 Å². The minimum Gasteiger partial charge on any atom is -0.399 e. The molecule has 3 heterocycles. The van der Waals surface area contributed by atoms with E-state index in [4.69, 9.17) is 28.9 Å². The number of nitrogens with zero attached hydrogens (tertiary/aromatic N) is 3. The smallest absolute Gasteiger partial charge is 0.281 e. The first-order chi connectivity index (χ1) is 27.2. The maximum absolute atomic E-state index is 13.8. The lowest BCUT2D eigenvalue weighted by Gasteiger charge is -2.15. The van der Waals surface area contributed by atoms with Gasteiger partial charge in [0, 0.05) is 80.4 Å². The second-order valence-electron chi connectivity index (χ2n) is 13.8. The second-order valence-corrected chi connectivity index (χ2v) is 14.7. The largest absolute Gasteiger partial charge is 0.399 e. The SMILES string of the molecule is CCn1c(-c2cccc(Cl)c2)cc2cc(N)ccc21.CCn1c(-c2cccc(Cl)c2)cc2cc(NC(=O)c3cc(CNC(=O)C(C)(C)F)cnc3C(F)F)ccc21. The van der Waals surface area contributed by atoms with Gasteiger partial charge < -0.3 is 25.5 Å². The molecular formula is C44H41Cl2F3N6O2. The third-order valence-electron chi connectivity index (χ3n) is 9.38. The Balaban J connectivity index is 0.000000240. The van der Waals surface area contributed by atoms with Crippen LogP contribution in [0.5, 0.6) is 0 Å². The molecule has 0 fully saturated rings. The lowest BCUT2D eigenvalue weighted by Crippen LogP contribution is -2.38. The molecule has 0 saturated carbocycles. The molecule has 0 aliphatic heterocycles. The molecule has 8 nitrogen and oxygen atoms in total. The Kier molecular flexibility index (Phi) is 12.3. The molecular weight excluding hydrogens is 772 g/mol. The number of pyridine rings is 1. The number of benzene rings is 4. The van der Waals surface area contributed by atoms with Gasteiger partial charge >= 0.3 is 0 Å². The quantitative estimate of drug-likeness (QED) is 0.120. The number of anilines is 2. The van der Waals surface area contributed by atoms with Crippen LogP contribution in [-0.4, -0.2) is 31.6 Å². The highest BCUT2D eigenvalue weighted by molar-refractivity contribution is 6.31. The lowest BCUT2D eigenvalue weighted by molar-refractivity contribution is -0.130. The number of halogens is 5. The van der Waals surface area contributed by atoms with E-state index in [2.05, 4.69) is 49.9 Å². The fourth-order valence-corrected chi connectivity index (χ4v) is 7.04. The number of nitrogen functional groups attached to an aromatic ring is 1. The molecule has 7 rings (SSSR count). The summed E-state index contributed by atoms with van der Waals surface area (Å²) in [7, 11) is 0. The Hall–Kier alpha value is -5.78. The number of nitrogens with one attached hydrogen (secondary N) is 2. The number of rotatable bonds is 10. The zero-order chi connectivity index (χ0) is 41.0. The van der Waals surface area contributed by atoms with Gasteiger partial charge in [0.25, 0.3) is 18.2 Å². The van der Waals surface area contributed by atoms with Gasteiger partial charge in [-0.15, -0.1) is 0 Å². The van der Waals surface area contributed by atoms with E-state index >= 15 is 0 Å². The summed E-state index contributed by atoms with van der Waals surface area (Å²) < 4.78 is 45.4. The van der Waals surface area contributed by atoms with Gasteiger partial charge in [0.15, 0.2) is 5.67 Å². The minimum absolute atomic E-state index is 0.175. The van der Waals surface area contributed by atoms with Crippen LogP contribution in [0.4, 0.5) is 24.5 Å². The molecule has 7 aromatic rings. The Morgan fingerprint density at radius 2 is 1.35 bits per heavy atom. The Labute approximate surface area is 338 Å². The van der Waals surface area contributed by atoms with Crippen LogP contribution in [0.2, 0.25) is 10.0 Å². The zero-order valence-corrected chi connectivity index (χ0v) is 33.2. The molecule has 0 aliphatic rings. The summed E-state index contributed by atoms with van der Waals surface area (Å²) in [5.41, 5.74) is 10.5. The van der Waals surface area contributed by atoms with Crippen LogP contribution >= 0.6 is 23.2 Å². The maximum Gasteiger partial charge on any atom is 0.281 e. The Morgan fingerprint density at radius 1 is 0.789 bits per heavy atom. The van der Waals surface area contributed by atoms with Gasteiger partial charge in [-0.05, 0) is 123 Å². The number of alkyl halides is 3. The summed E-state index contributed by atoms with van der Waals surface area (Å²) in [5.74, 6) is -1.65. The van der Waals surface area contributed by atoms with Crippen molar-refractivity contribution in [3.63, 3.8) is 0 Å². The molecule has 0 spiro atoms. The fourth-order valence-electron chi connectivity index (χ4n) is 6.66. The topological polar surface area (TPSA) is 107 Å². The normalized spacial score (nSPS) is 11.5. The number of aryl methyl sites for hydroxylation is 2. The number of nitrogens with two attached hydrogens (primary N) is 1. The van der Waals surface area contributed by atoms with Crippen molar-refractivity contribution in [2.24, 2.45) is 0 Å². The van der Waals surface area contributed by atoms with E-state index in [1.807, 2.05) is 67.6 Å². The Morgan fingerprint density at radius 3 is 1.88 bits per heavy atom. The molecule has 294 valence electrons. The van der Waals surface area contributed by atoms with Gasteiger partial charge in [-0.25, -0.2) is 13.2 Å². The van der Waals surface area contributed by atoms with Gasteiger partial charge in [-0.2, -0.15) is 0 Å². The molecule has 0 radical (unpaired) electrons. The van der Waals surface area contributed by atoms with Crippen molar-refractivity contribution in [2.75, 3.05) is 11.1 Å². The number of amides is 2. The van der Waals surface area contributed by atoms with E-state index in [9.17, 15) is 22.8 Å². The summed E-state index contributed by atoms with van der Waals surface area (Å²) >= 11 is 12.3. The lowest BCUT2D eigenvalue weighted by atomic mass is 10.1. The van der Waals surface area contributed by atoms with Crippen molar-refractivity contribution >= 4 is 68.2 Å². The molecule has 0 aliphatic carbocycles. The predicted molar refractivity (Wildman–Crippen MR) is 225 cm³/mol. The van der Waals surface area contributed by atoms with Crippen LogP contribution in [0.15, 0.2) is 109 Å². The van der Waals surface area contributed by atoms with Crippen LogP contribution in [0.25, 0.3) is 44.3 Å². The standard InChI is InChI=1S/C28H26ClF3N4O2.C16H15ClN2/c1-4-36-22-9-8-20(12-18(22)13-23(36)17-6-5-7-19(29)11-17)35-26(37)21-10-16(14-33-24(21)25(30)31)15-34-27(38)28(2,3)32;1-2-19-15-7-6-14(18)9-12(15)10-16(19)11-4-3-5-13(17)8-11/h5-14,25H,4,15H2,1-3H3,(H,34,38)(H,35,37);3-10H,2,18H2,1H3. The molecule has 4 N–H and O–H groups in total. The molecule has 0 bridgehead atoms. The van der Waals surface area contributed by atoms with E-state index in [0.29, 0.717) is 17.3 Å². The number of aromatic nitrogens is 3. The van der Waals surface area contributed by atoms with Crippen molar-refractivity contribution in [2.45, 2.75) is 59.4 Å². The van der Waals surface area contributed by atoms with Crippen LogP contribution in [0, 0.1) is 0 Å². The highest BCUT2D eigenvalue weighted by Crippen LogP contribution is 2.33. The van der Waals surface area contributed by atoms with E-state index in [1.54, 1.807) is 18.2 Å². The number of carbonyl (C=O) groups is 2. The zero-order valence-electron chi connectivity index (χ0n) is 31.7. The summed E-state index contributed by atoms with van der Waals surface area (Å²) in [5, 5.41) is 8.41. The molecule has 4 aromatic carbocycles. The summed E-state index contributed by atoms with van der Waals surface area (Å²) in [6, 6.07) is 32.1. The van der Waals surface area contributed by atoms with E-state index < -0.39 is 29.6 Å². The Bertz CT molecular complexity index is 2600. The van der Waals surface area contributed by atoms with Gasteiger partial charge in [0.2, 0.25) is 0 Å². The highest BCUT2D eigenvalue weighted by atomic mass is 35.5. The number of fused-ring (bicyclic) bond motifs is 2. The third kappa shape index (κ3) is 9.27. The number of carbonyl (C=O) groups excluding carboxylic acids is 2. The van der Waals surface area contributed by atoms with Crippen molar-refractivity contribution in [3.05, 3.63) is 136 Å². The van der Waals surface area contributed by atoms with E-state index in [0.717, 1.165) is 70.4 Å². The van der Waals surface area contributed by atoms with Gasteiger partial charge in [-0.3, -0.25) is 14.6 Å². The van der Waals surface area contributed by atoms with Crippen LogP contribution in [0.1, 0.15) is 55.7 Å². The first-order valence-corrected chi connectivity index (χ1v) is 19.0. The van der Waals surface area contributed by atoms with Crippen LogP contribution < -0.4 is 16.4 Å².